The highest BCUT2D eigenvalue weighted by atomic mass is 35.5. The number of anilines is 1. The second kappa shape index (κ2) is 11.1. The number of amides is 2. The number of halogens is 2. The maximum absolute atomic E-state index is 12.3. The fraction of sp³-hybridized carbons (Fsp3) is 0.0435. The summed E-state index contributed by atoms with van der Waals surface area (Å²) >= 11 is 11.9. The molecule has 0 radical (unpaired) electrons. The highest BCUT2D eigenvalue weighted by Gasteiger charge is 2.15. The fourth-order valence-corrected chi connectivity index (χ4v) is 2.92. The molecule has 0 saturated heterocycles. The number of nitrogens with zero attached hydrogens (tertiary/aromatic N) is 1. The van der Waals surface area contributed by atoms with Gasteiger partial charge in [-0.3, -0.25) is 9.59 Å². The van der Waals surface area contributed by atoms with E-state index in [1.165, 1.54) is 19.4 Å². The lowest BCUT2D eigenvalue weighted by molar-refractivity contribution is -0.136. The van der Waals surface area contributed by atoms with Crippen molar-refractivity contribution in [3.63, 3.8) is 0 Å². The van der Waals surface area contributed by atoms with E-state index in [0.717, 1.165) is 0 Å². The monoisotopic (exact) mass is 485 g/mol. The van der Waals surface area contributed by atoms with Crippen LogP contribution in [0.4, 0.5) is 5.69 Å². The van der Waals surface area contributed by atoms with E-state index in [2.05, 4.69) is 15.8 Å². The van der Waals surface area contributed by atoms with Gasteiger partial charge in [-0.05, 0) is 48.0 Å². The van der Waals surface area contributed by atoms with Crippen LogP contribution in [0.1, 0.15) is 15.9 Å². The van der Waals surface area contributed by atoms with Gasteiger partial charge in [0.1, 0.15) is 11.5 Å². The lowest BCUT2D eigenvalue weighted by atomic mass is 10.2. The van der Waals surface area contributed by atoms with Crippen LogP contribution in [0.15, 0.2) is 71.8 Å². The zero-order chi connectivity index (χ0) is 23.8. The minimum Gasteiger partial charge on any atom is -0.497 e. The molecule has 0 atom stereocenters. The molecular weight excluding hydrogens is 469 g/mol. The Bertz CT molecular complexity index is 1230. The van der Waals surface area contributed by atoms with Crippen LogP contribution in [-0.2, 0) is 9.59 Å². The topological polar surface area (TPSA) is 106 Å². The molecule has 0 fully saturated rings. The molecule has 0 spiro atoms. The van der Waals surface area contributed by atoms with Crippen LogP contribution in [0.5, 0.6) is 11.5 Å². The van der Waals surface area contributed by atoms with E-state index >= 15 is 0 Å². The van der Waals surface area contributed by atoms with E-state index < -0.39 is 17.8 Å². The SMILES string of the molecule is COc1cccc(C(=O)Oc2cccc(C=NNC(=O)C(=O)Nc3cccc(Cl)c3Cl)c2)c1. The average molecular weight is 486 g/mol. The Labute approximate surface area is 199 Å². The van der Waals surface area contributed by atoms with Gasteiger partial charge in [0.05, 0.1) is 34.6 Å². The standard InChI is InChI=1S/C23H17Cl2N3O5/c1-32-16-7-3-6-15(12-16)23(31)33-17-8-2-5-14(11-17)13-26-28-22(30)21(29)27-19-10-4-9-18(24)20(19)25/h2-13H,1H3,(H,27,29)(H,28,30). The van der Waals surface area contributed by atoms with Crippen molar-refractivity contribution in [2.24, 2.45) is 5.10 Å². The Morgan fingerprint density at radius 1 is 0.909 bits per heavy atom. The highest BCUT2D eigenvalue weighted by molar-refractivity contribution is 6.45. The molecule has 2 N–H and O–H groups in total. The Morgan fingerprint density at radius 3 is 2.42 bits per heavy atom. The number of hydrogen-bond donors (Lipinski definition) is 2. The van der Waals surface area contributed by atoms with Gasteiger partial charge in [0, 0.05) is 0 Å². The molecule has 0 aliphatic heterocycles. The molecule has 3 rings (SSSR count). The Kier molecular flexibility index (Phi) is 8.01. The molecule has 10 heteroatoms. The van der Waals surface area contributed by atoms with Gasteiger partial charge >= 0.3 is 17.8 Å². The van der Waals surface area contributed by atoms with Crippen molar-refractivity contribution in [2.75, 3.05) is 12.4 Å². The van der Waals surface area contributed by atoms with Gasteiger partial charge in [-0.1, -0.05) is 47.5 Å². The second-order valence-electron chi connectivity index (χ2n) is 6.45. The van der Waals surface area contributed by atoms with Gasteiger partial charge in [-0.25, -0.2) is 10.2 Å². The first-order chi connectivity index (χ1) is 15.9. The van der Waals surface area contributed by atoms with E-state index in [1.807, 2.05) is 0 Å². The molecule has 0 unspecified atom stereocenters. The number of hydrazone groups is 1. The molecule has 3 aromatic rings. The van der Waals surface area contributed by atoms with Crippen molar-refractivity contribution >= 4 is 52.9 Å². The summed E-state index contributed by atoms with van der Waals surface area (Å²) in [5.74, 6) is -1.75. The largest absolute Gasteiger partial charge is 0.497 e. The molecule has 0 aromatic heterocycles. The average Bonchev–Trinajstić information content (AvgIpc) is 2.82. The minimum atomic E-state index is -1.01. The molecule has 8 nitrogen and oxygen atoms in total. The first-order valence-corrected chi connectivity index (χ1v) is 10.2. The Hall–Kier alpha value is -3.88. The van der Waals surface area contributed by atoms with Gasteiger partial charge in [0.25, 0.3) is 0 Å². The van der Waals surface area contributed by atoms with Crippen molar-refractivity contribution < 1.29 is 23.9 Å². The lowest BCUT2D eigenvalue weighted by Gasteiger charge is -2.07. The number of carbonyl (C=O) groups excluding carboxylic acids is 3. The third-order valence-corrected chi connectivity index (χ3v) is 4.98. The number of hydrogen-bond acceptors (Lipinski definition) is 6. The van der Waals surface area contributed by atoms with Crippen molar-refractivity contribution in [3.8, 4) is 11.5 Å². The number of rotatable bonds is 6. The minimum absolute atomic E-state index is 0.115. The summed E-state index contributed by atoms with van der Waals surface area (Å²) in [5.41, 5.74) is 3.14. The van der Waals surface area contributed by atoms with Crippen LogP contribution in [0.2, 0.25) is 10.0 Å². The number of benzene rings is 3. The summed E-state index contributed by atoms with van der Waals surface area (Å²) in [6.45, 7) is 0. The normalized spacial score (nSPS) is 10.5. The van der Waals surface area contributed by atoms with Crippen molar-refractivity contribution in [1.29, 1.82) is 0 Å². The molecule has 0 heterocycles. The van der Waals surface area contributed by atoms with E-state index in [1.54, 1.807) is 60.7 Å². The van der Waals surface area contributed by atoms with Crippen LogP contribution < -0.4 is 20.2 Å². The first kappa shape index (κ1) is 23.8. The predicted molar refractivity (Wildman–Crippen MR) is 125 cm³/mol. The Balaban J connectivity index is 1.58. The number of nitrogens with one attached hydrogen (secondary N) is 2. The van der Waals surface area contributed by atoms with E-state index in [9.17, 15) is 14.4 Å². The third-order valence-electron chi connectivity index (χ3n) is 4.16. The molecule has 0 saturated carbocycles. The molecule has 3 aromatic carbocycles. The summed E-state index contributed by atoms with van der Waals surface area (Å²) < 4.78 is 10.5. The third kappa shape index (κ3) is 6.55. The predicted octanol–water partition coefficient (Wildman–Crippen LogP) is 4.31. The zero-order valence-electron chi connectivity index (χ0n) is 17.2. The Morgan fingerprint density at radius 2 is 1.64 bits per heavy atom. The summed E-state index contributed by atoms with van der Waals surface area (Å²) in [7, 11) is 1.50. The van der Waals surface area contributed by atoms with Gasteiger partial charge in [-0.2, -0.15) is 5.10 Å². The molecule has 33 heavy (non-hydrogen) atoms. The number of methoxy groups -OCH3 is 1. The maximum Gasteiger partial charge on any atom is 0.343 e. The van der Waals surface area contributed by atoms with Crippen LogP contribution in [0.3, 0.4) is 0 Å². The van der Waals surface area contributed by atoms with Crippen LogP contribution in [0.25, 0.3) is 0 Å². The fourth-order valence-electron chi connectivity index (χ4n) is 2.57. The smallest absolute Gasteiger partial charge is 0.343 e. The first-order valence-electron chi connectivity index (χ1n) is 9.42. The van der Waals surface area contributed by atoms with Crippen LogP contribution >= 0.6 is 23.2 Å². The number of ether oxygens (including phenoxy) is 2. The zero-order valence-corrected chi connectivity index (χ0v) is 18.7. The summed E-state index contributed by atoms with van der Waals surface area (Å²) in [6, 6.07) is 17.6. The van der Waals surface area contributed by atoms with Crippen LogP contribution in [0, 0.1) is 0 Å². The molecule has 168 valence electrons. The number of carbonyl (C=O) groups is 3. The maximum atomic E-state index is 12.3. The second-order valence-corrected chi connectivity index (χ2v) is 7.23. The van der Waals surface area contributed by atoms with Crippen molar-refractivity contribution in [3.05, 3.63) is 87.9 Å². The van der Waals surface area contributed by atoms with Crippen LogP contribution in [-0.4, -0.2) is 31.1 Å². The summed E-state index contributed by atoms with van der Waals surface area (Å²) in [6.07, 6.45) is 1.29. The summed E-state index contributed by atoms with van der Waals surface area (Å²) in [5, 5.41) is 6.44. The molecular formula is C23H17Cl2N3O5. The lowest BCUT2D eigenvalue weighted by Crippen LogP contribution is -2.32. The van der Waals surface area contributed by atoms with Gasteiger partial charge in [0.15, 0.2) is 0 Å². The molecule has 0 bridgehead atoms. The van der Waals surface area contributed by atoms with Crippen molar-refractivity contribution in [1.82, 2.24) is 5.43 Å². The van der Waals surface area contributed by atoms with Gasteiger partial charge < -0.3 is 14.8 Å². The van der Waals surface area contributed by atoms with Crippen molar-refractivity contribution in [2.45, 2.75) is 0 Å². The summed E-state index contributed by atoms with van der Waals surface area (Å²) in [4.78, 5) is 36.3. The van der Waals surface area contributed by atoms with E-state index in [4.69, 9.17) is 32.7 Å². The van der Waals surface area contributed by atoms with Gasteiger partial charge in [0.2, 0.25) is 0 Å². The number of esters is 1. The molecule has 2 amide bonds. The quantitative estimate of drug-likeness (QED) is 0.178. The molecule has 0 aliphatic rings. The highest BCUT2D eigenvalue weighted by Crippen LogP contribution is 2.29. The molecule has 0 aliphatic carbocycles. The van der Waals surface area contributed by atoms with E-state index in [-0.39, 0.29) is 21.5 Å². The van der Waals surface area contributed by atoms with E-state index in [0.29, 0.717) is 16.9 Å². The van der Waals surface area contributed by atoms with Gasteiger partial charge in [-0.15, -0.1) is 0 Å².